The van der Waals surface area contributed by atoms with Crippen LogP contribution in [0.25, 0.3) is 0 Å². The maximum Gasteiger partial charge on any atom is 0.119 e. The van der Waals surface area contributed by atoms with Crippen molar-refractivity contribution in [3.8, 4) is 5.75 Å². The summed E-state index contributed by atoms with van der Waals surface area (Å²) in [6, 6.07) is 8.13. The van der Waals surface area contributed by atoms with E-state index in [1.165, 1.54) is 43.4 Å². The largest absolute Gasteiger partial charge is 0.492 e. The molecule has 1 fully saturated rings. The molecule has 0 unspecified atom stereocenters. The molecule has 124 valence electrons. The first-order valence-electron chi connectivity index (χ1n) is 8.59. The van der Waals surface area contributed by atoms with Gasteiger partial charge in [0.1, 0.15) is 12.4 Å². The van der Waals surface area contributed by atoms with Crippen LogP contribution >= 0.6 is 0 Å². The average Bonchev–Trinajstić information content (AvgIpc) is 3.00. The van der Waals surface area contributed by atoms with Crippen molar-refractivity contribution in [1.29, 1.82) is 0 Å². The van der Waals surface area contributed by atoms with Crippen LogP contribution in [0, 0.1) is 6.92 Å². The van der Waals surface area contributed by atoms with E-state index in [4.69, 9.17) is 10.5 Å². The second-order valence-electron chi connectivity index (χ2n) is 6.35. The van der Waals surface area contributed by atoms with E-state index < -0.39 is 0 Å². The van der Waals surface area contributed by atoms with Gasteiger partial charge >= 0.3 is 0 Å². The minimum Gasteiger partial charge on any atom is -0.492 e. The summed E-state index contributed by atoms with van der Waals surface area (Å²) in [5.41, 5.74) is 9.28. The third-order valence-corrected chi connectivity index (χ3v) is 4.63. The lowest BCUT2D eigenvalue weighted by Crippen LogP contribution is -2.17. The minimum absolute atomic E-state index is 0.463. The van der Waals surface area contributed by atoms with Crippen LogP contribution in [0.5, 0.6) is 5.75 Å². The SMILES string of the molecule is Cc1ccc(OCCn2nnc(CN)c2C2CCCCC2)cc1. The number of nitrogens with zero attached hydrogens (tertiary/aromatic N) is 3. The van der Waals surface area contributed by atoms with Gasteiger partial charge in [-0.2, -0.15) is 0 Å². The van der Waals surface area contributed by atoms with Crippen molar-refractivity contribution in [2.45, 2.75) is 58.0 Å². The number of nitrogens with two attached hydrogens (primary N) is 1. The molecule has 1 aliphatic carbocycles. The normalized spacial score (nSPS) is 15.7. The summed E-state index contributed by atoms with van der Waals surface area (Å²) >= 11 is 0. The fourth-order valence-corrected chi connectivity index (χ4v) is 3.37. The van der Waals surface area contributed by atoms with Crippen molar-refractivity contribution in [2.75, 3.05) is 6.61 Å². The van der Waals surface area contributed by atoms with Gasteiger partial charge in [0, 0.05) is 12.5 Å². The zero-order chi connectivity index (χ0) is 16.1. The van der Waals surface area contributed by atoms with Crippen molar-refractivity contribution < 1.29 is 4.74 Å². The highest BCUT2D eigenvalue weighted by atomic mass is 16.5. The topological polar surface area (TPSA) is 66.0 Å². The van der Waals surface area contributed by atoms with Crippen LogP contribution < -0.4 is 10.5 Å². The van der Waals surface area contributed by atoms with Crippen LogP contribution in [0.2, 0.25) is 0 Å². The Hall–Kier alpha value is -1.88. The van der Waals surface area contributed by atoms with Crippen LogP contribution in [0.4, 0.5) is 0 Å². The Morgan fingerprint density at radius 2 is 1.91 bits per heavy atom. The molecule has 0 amide bonds. The summed E-state index contributed by atoms with van der Waals surface area (Å²) in [5.74, 6) is 1.45. The summed E-state index contributed by atoms with van der Waals surface area (Å²) in [7, 11) is 0. The fraction of sp³-hybridized carbons (Fsp3) is 0.556. The average molecular weight is 314 g/mol. The van der Waals surface area contributed by atoms with Gasteiger partial charge in [0.15, 0.2) is 0 Å². The smallest absolute Gasteiger partial charge is 0.119 e. The molecular formula is C18H26N4O. The van der Waals surface area contributed by atoms with E-state index in [2.05, 4.69) is 29.4 Å². The Morgan fingerprint density at radius 1 is 1.17 bits per heavy atom. The van der Waals surface area contributed by atoms with E-state index in [1.54, 1.807) is 0 Å². The fourth-order valence-electron chi connectivity index (χ4n) is 3.37. The Balaban J connectivity index is 1.65. The molecule has 2 N–H and O–H groups in total. The summed E-state index contributed by atoms with van der Waals surface area (Å²) in [4.78, 5) is 0. The Bertz CT molecular complexity index is 614. The first-order valence-corrected chi connectivity index (χ1v) is 8.59. The molecule has 1 aromatic carbocycles. The summed E-state index contributed by atoms with van der Waals surface area (Å²) in [6.45, 7) is 3.84. The van der Waals surface area contributed by atoms with Gasteiger partial charge in [-0.15, -0.1) is 5.10 Å². The van der Waals surface area contributed by atoms with Crippen molar-refractivity contribution in [1.82, 2.24) is 15.0 Å². The molecule has 0 spiro atoms. The van der Waals surface area contributed by atoms with E-state index in [-0.39, 0.29) is 0 Å². The molecule has 0 atom stereocenters. The number of rotatable bonds is 6. The molecule has 0 aliphatic heterocycles. The van der Waals surface area contributed by atoms with Gasteiger partial charge < -0.3 is 10.5 Å². The summed E-state index contributed by atoms with van der Waals surface area (Å²) in [5, 5.41) is 8.59. The van der Waals surface area contributed by atoms with Gasteiger partial charge in [-0.3, -0.25) is 0 Å². The lowest BCUT2D eigenvalue weighted by atomic mass is 9.86. The molecule has 3 rings (SSSR count). The Labute approximate surface area is 137 Å². The predicted molar refractivity (Wildman–Crippen MR) is 90.4 cm³/mol. The van der Waals surface area contributed by atoms with Gasteiger partial charge in [0.2, 0.25) is 0 Å². The highest BCUT2D eigenvalue weighted by Gasteiger charge is 2.23. The van der Waals surface area contributed by atoms with E-state index >= 15 is 0 Å². The number of hydrogen-bond acceptors (Lipinski definition) is 4. The second-order valence-corrected chi connectivity index (χ2v) is 6.35. The molecule has 5 nitrogen and oxygen atoms in total. The number of aryl methyl sites for hydroxylation is 1. The molecule has 1 saturated carbocycles. The molecule has 2 aromatic rings. The van der Waals surface area contributed by atoms with E-state index in [9.17, 15) is 0 Å². The second kappa shape index (κ2) is 7.59. The van der Waals surface area contributed by atoms with Gasteiger partial charge in [0.25, 0.3) is 0 Å². The first-order chi connectivity index (χ1) is 11.3. The monoisotopic (exact) mass is 314 g/mol. The molecule has 1 heterocycles. The van der Waals surface area contributed by atoms with Gasteiger partial charge in [-0.1, -0.05) is 42.2 Å². The van der Waals surface area contributed by atoms with Gasteiger partial charge in [-0.25, -0.2) is 4.68 Å². The highest BCUT2D eigenvalue weighted by Crippen LogP contribution is 2.33. The predicted octanol–water partition coefficient (Wildman–Crippen LogP) is 3.17. The molecule has 0 saturated heterocycles. The van der Waals surface area contributed by atoms with Gasteiger partial charge in [-0.05, 0) is 31.9 Å². The summed E-state index contributed by atoms with van der Waals surface area (Å²) in [6.07, 6.45) is 6.37. The number of aromatic nitrogens is 3. The molecule has 5 heteroatoms. The van der Waals surface area contributed by atoms with Crippen LogP contribution in [-0.4, -0.2) is 21.6 Å². The first kappa shape index (κ1) is 16.0. The Kier molecular flexibility index (Phi) is 5.28. The zero-order valence-corrected chi connectivity index (χ0v) is 13.9. The van der Waals surface area contributed by atoms with Crippen molar-refractivity contribution in [3.05, 3.63) is 41.2 Å². The zero-order valence-electron chi connectivity index (χ0n) is 13.9. The van der Waals surface area contributed by atoms with Crippen LogP contribution in [0.1, 0.15) is 55.0 Å². The number of hydrogen-bond donors (Lipinski definition) is 1. The molecular weight excluding hydrogens is 288 g/mol. The van der Waals surface area contributed by atoms with E-state index in [0.29, 0.717) is 25.6 Å². The van der Waals surface area contributed by atoms with Crippen LogP contribution in [0.3, 0.4) is 0 Å². The van der Waals surface area contributed by atoms with Crippen molar-refractivity contribution in [2.24, 2.45) is 5.73 Å². The third kappa shape index (κ3) is 3.91. The summed E-state index contributed by atoms with van der Waals surface area (Å²) < 4.78 is 7.84. The van der Waals surface area contributed by atoms with Crippen molar-refractivity contribution >= 4 is 0 Å². The lowest BCUT2D eigenvalue weighted by molar-refractivity contribution is 0.283. The molecule has 23 heavy (non-hydrogen) atoms. The molecule has 1 aliphatic rings. The highest BCUT2D eigenvalue weighted by molar-refractivity contribution is 5.26. The number of benzene rings is 1. The molecule has 1 aromatic heterocycles. The minimum atomic E-state index is 0.463. The maximum absolute atomic E-state index is 5.86. The van der Waals surface area contributed by atoms with E-state index in [1.807, 2.05) is 16.8 Å². The quantitative estimate of drug-likeness (QED) is 0.889. The maximum atomic E-state index is 5.86. The number of ether oxygens (including phenoxy) is 1. The van der Waals surface area contributed by atoms with Gasteiger partial charge in [0.05, 0.1) is 17.9 Å². The molecule has 0 bridgehead atoms. The standard InChI is InChI=1S/C18H26N4O/c1-14-7-9-16(10-8-14)23-12-11-22-18(17(13-19)20-21-22)15-5-3-2-4-6-15/h7-10,15H,2-6,11-13,19H2,1H3. The molecule has 0 radical (unpaired) electrons. The lowest BCUT2D eigenvalue weighted by Gasteiger charge is -2.23. The third-order valence-electron chi connectivity index (χ3n) is 4.63. The van der Waals surface area contributed by atoms with Crippen LogP contribution in [-0.2, 0) is 13.1 Å². The van der Waals surface area contributed by atoms with E-state index in [0.717, 1.165) is 11.4 Å². The van der Waals surface area contributed by atoms with Crippen molar-refractivity contribution in [3.63, 3.8) is 0 Å². The Morgan fingerprint density at radius 3 is 2.61 bits per heavy atom. The van der Waals surface area contributed by atoms with Crippen LogP contribution in [0.15, 0.2) is 24.3 Å².